The molecule has 1 rings (SSSR count). The number of rotatable bonds is 4. The summed E-state index contributed by atoms with van der Waals surface area (Å²) < 4.78 is 10.3. The summed E-state index contributed by atoms with van der Waals surface area (Å²) in [6.07, 6.45) is 2.11. The molecule has 5 heteroatoms. The molecule has 0 aromatic heterocycles. The highest BCUT2D eigenvalue weighted by molar-refractivity contribution is 9.10. The van der Waals surface area contributed by atoms with Crippen LogP contribution in [0.1, 0.15) is 0 Å². The summed E-state index contributed by atoms with van der Waals surface area (Å²) in [5.74, 6) is -0.497. The highest BCUT2D eigenvalue weighted by atomic mass is 79.9. The van der Waals surface area contributed by atoms with Gasteiger partial charge in [0.05, 0.1) is 4.47 Å². The summed E-state index contributed by atoms with van der Waals surface area (Å²) in [5, 5.41) is 0. The van der Waals surface area contributed by atoms with Gasteiger partial charge in [0, 0.05) is 12.2 Å². The molecule has 1 aromatic carbocycles. The lowest BCUT2D eigenvalue weighted by Crippen LogP contribution is -2.05. The summed E-state index contributed by atoms with van der Waals surface area (Å²) in [5.41, 5.74) is 0. The van der Waals surface area contributed by atoms with E-state index >= 15 is 0 Å². The molecule has 0 fully saturated rings. The SMILES string of the molecule is C=CC(=O)Oc1ccc(OC(=O)C=C)c(Br)c1. The van der Waals surface area contributed by atoms with Crippen LogP contribution in [0.4, 0.5) is 0 Å². The number of carbonyl (C=O) groups excluding carboxylic acids is 2. The van der Waals surface area contributed by atoms with Gasteiger partial charge in [-0.3, -0.25) is 0 Å². The first kappa shape index (κ1) is 13.2. The summed E-state index contributed by atoms with van der Waals surface area (Å²) in [4.78, 5) is 21.9. The molecule has 0 aliphatic heterocycles. The minimum Gasteiger partial charge on any atom is -0.423 e. The molecule has 0 saturated carbocycles. The van der Waals surface area contributed by atoms with Gasteiger partial charge in [0.1, 0.15) is 11.5 Å². The van der Waals surface area contributed by atoms with E-state index in [1.165, 1.54) is 18.2 Å². The minimum atomic E-state index is -0.568. The Morgan fingerprint density at radius 1 is 1.12 bits per heavy atom. The van der Waals surface area contributed by atoms with Crippen molar-refractivity contribution in [3.63, 3.8) is 0 Å². The van der Waals surface area contributed by atoms with E-state index in [4.69, 9.17) is 9.47 Å². The van der Waals surface area contributed by atoms with Crippen molar-refractivity contribution in [1.29, 1.82) is 0 Å². The van der Waals surface area contributed by atoms with Gasteiger partial charge in [-0.2, -0.15) is 0 Å². The van der Waals surface area contributed by atoms with Crippen molar-refractivity contribution in [2.24, 2.45) is 0 Å². The topological polar surface area (TPSA) is 52.6 Å². The molecule has 17 heavy (non-hydrogen) atoms. The molecular weight excluding hydrogens is 288 g/mol. The fourth-order valence-electron chi connectivity index (χ4n) is 0.936. The van der Waals surface area contributed by atoms with Gasteiger partial charge in [0.15, 0.2) is 0 Å². The first-order valence-corrected chi connectivity index (χ1v) is 5.34. The van der Waals surface area contributed by atoms with Gasteiger partial charge < -0.3 is 9.47 Å². The van der Waals surface area contributed by atoms with Crippen LogP contribution >= 0.6 is 15.9 Å². The molecule has 0 aliphatic carbocycles. The summed E-state index contributed by atoms with van der Waals surface area (Å²) in [6, 6.07) is 4.50. The van der Waals surface area contributed by atoms with Crippen LogP contribution in [0.3, 0.4) is 0 Å². The number of esters is 2. The first-order chi connectivity index (χ1) is 8.06. The molecule has 0 radical (unpaired) electrons. The highest BCUT2D eigenvalue weighted by Gasteiger charge is 2.08. The maximum absolute atomic E-state index is 11.0. The summed E-state index contributed by atoms with van der Waals surface area (Å²) >= 11 is 3.19. The lowest BCUT2D eigenvalue weighted by Gasteiger charge is -2.06. The van der Waals surface area contributed by atoms with Gasteiger partial charge >= 0.3 is 11.9 Å². The first-order valence-electron chi connectivity index (χ1n) is 4.55. The Balaban J connectivity index is 2.85. The van der Waals surface area contributed by atoms with Crippen LogP contribution < -0.4 is 9.47 Å². The van der Waals surface area contributed by atoms with Gasteiger partial charge in [-0.1, -0.05) is 13.2 Å². The van der Waals surface area contributed by atoms with Crippen LogP contribution in [0, 0.1) is 0 Å². The van der Waals surface area contributed by atoms with E-state index in [-0.39, 0.29) is 0 Å². The van der Waals surface area contributed by atoms with Crippen molar-refractivity contribution in [1.82, 2.24) is 0 Å². The van der Waals surface area contributed by atoms with Gasteiger partial charge in [-0.15, -0.1) is 0 Å². The second kappa shape index (κ2) is 6.00. The van der Waals surface area contributed by atoms with E-state index in [1.54, 1.807) is 0 Å². The molecule has 4 nitrogen and oxygen atoms in total. The third kappa shape index (κ3) is 3.88. The number of hydrogen-bond acceptors (Lipinski definition) is 4. The molecule has 0 unspecified atom stereocenters. The zero-order chi connectivity index (χ0) is 12.8. The van der Waals surface area contributed by atoms with Gasteiger partial charge in [-0.25, -0.2) is 9.59 Å². The van der Waals surface area contributed by atoms with Crippen LogP contribution in [0.2, 0.25) is 0 Å². The second-order valence-electron chi connectivity index (χ2n) is 2.84. The van der Waals surface area contributed by atoms with E-state index in [2.05, 4.69) is 29.1 Å². The van der Waals surface area contributed by atoms with Crippen molar-refractivity contribution in [3.05, 3.63) is 48.0 Å². The molecule has 1 aromatic rings. The average molecular weight is 297 g/mol. The van der Waals surface area contributed by atoms with E-state index in [1.807, 2.05) is 0 Å². The molecular formula is C12H9BrO4. The largest absolute Gasteiger partial charge is 0.423 e. The molecule has 0 spiro atoms. The average Bonchev–Trinajstić information content (AvgIpc) is 2.32. The smallest absolute Gasteiger partial charge is 0.335 e. The number of benzene rings is 1. The Kier molecular flexibility index (Phi) is 4.66. The molecule has 0 heterocycles. The standard InChI is InChI=1S/C12H9BrO4/c1-3-11(14)16-8-5-6-10(9(13)7-8)17-12(15)4-2/h3-7H,1-2H2. The van der Waals surface area contributed by atoms with Crippen LogP contribution in [-0.4, -0.2) is 11.9 Å². The number of carbonyl (C=O) groups is 2. The maximum atomic E-state index is 11.0. The predicted octanol–water partition coefficient (Wildman–Crippen LogP) is 2.63. The number of ether oxygens (including phenoxy) is 2. The van der Waals surface area contributed by atoms with Crippen molar-refractivity contribution in [2.45, 2.75) is 0 Å². The number of halogens is 1. The van der Waals surface area contributed by atoms with E-state index in [0.29, 0.717) is 16.0 Å². The third-order valence-electron chi connectivity index (χ3n) is 1.67. The van der Waals surface area contributed by atoms with Crippen molar-refractivity contribution >= 4 is 27.9 Å². The fourth-order valence-corrected chi connectivity index (χ4v) is 1.37. The normalized spacial score (nSPS) is 9.24. The zero-order valence-corrected chi connectivity index (χ0v) is 10.4. The number of hydrogen-bond donors (Lipinski definition) is 0. The van der Waals surface area contributed by atoms with Gasteiger partial charge in [0.25, 0.3) is 0 Å². The van der Waals surface area contributed by atoms with Crippen LogP contribution in [0.25, 0.3) is 0 Å². The molecule has 0 atom stereocenters. The molecule has 0 bridgehead atoms. The van der Waals surface area contributed by atoms with Crippen LogP contribution in [0.5, 0.6) is 11.5 Å². The fraction of sp³-hybridized carbons (Fsp3) is 0. The Bertz CT molecular complexity index is 479. The van der Waals surface area contributed by atoms with E-state index in [0.717, 1.165) is 12.2 Å². The minimum absolute atomic E-state index is 0.313. The van der Waals surface area contributed by atoms with Gasteiger partial charge in [0.2, 0.25) is 0 Å². The van der Waals surface area contributed by atoms with Crippen molar-refractivity contribution in [3.8, 4) is 11.5 Å². The quantitative estimate of drug-likeness (QED) is 0.487. The maximum Gasteiger partial charge on any atom is 0.335 e. The Morgan fingerprint density at radius 3 is 2.24 bits per heavy atom. The van der Waals surface area contributed by atoms with E-state index in [9.17, 15) is 9.59 Å². The Morgan fingerprint density at radius 2 is 1.71 bits per heavy atom. The summed E-state index contributed by atoms with van der Waals surface area (Å²) in [6.45, 7) is 6.56. The molecule has 0 amide bonds. The second-order valence-corrected chi connectivity index (χ2v) is 3.70. The molecule has 0 N–H and O–H groups in total. The lowest BCUT2D eigenvalue weighted by atomic mass is 10.3. The molecule has 88 valence electrons. The zero-order valence-electron chi connectivity index (χ0n) is 8.81. The van der Waals surface area contributed by atoms with E-state index < -0.39 is 11.9 Å². The molecule has 0 aliphatic rings. The Labute approximate surface area is 107 Å². The van der Waals surface area contributed by atoms with Crippen LogP contribution in [0.15, 0.2) is 48.0 Å². The van der Waals surface area contributed by atoms with Gasteiger partial charge in [-0.05, 0) is 34.1 Å². The third-order valence-corrected chi connectivity index (χ3v) is 2.29. The lowest BCUT2D eigenvalue weighted by molar-refractivity contribution is -0.130. The monoisotopic (exact) mass is 296 g/mol. The highest BCUT2D eigenvalue weighted by Crippen LogP contribution is 2.29. The Hall–Kier alpha value is -1.88. The van der Waals surface area contributed by atoms with Crippen LogP contribution in [-0.2, 0) is 9.59 Å². The predicted molar refractivity (Wildman–Crippen MR) is 65.8 cm³/mol. The van der Waals surface area contributed by atoms with Crippen molar-refractivity contribution in [2.75, 3.05) is 0 Å². The van der Waals surface area contributed by atoms with Crippen molar-refractivity contribution < 1.29 is 19.1 Å². The molecule has 0 saturated heterocycles. The summed E-state index contributed by atoms with van der Waals surface area (Å²) in [7, 11) is 0.